The van der Waals surface area contributed by atoms with Crippen molar-refractivity contribution in [2.24, 2.45) is 5.92 Å². The van der Waals surface area contributed by atoms with Crippen LogP contribution < -0.4 is 10.5 Å². The van der Waals surface area contributed by atoms with E-state index in [-0.39, 0.29) is 5.56 Å². The Bertz CT molecular complexity index is 1010. The van der Waals surface area contributed by atoms with Gasteiger partial charge in [-0.05, 0) is 48.9 Å². The average Bonchev–Trinajstić information content (AvgIpc) is 3.11. The molecule has 1 unspecified atom stereocenters. The number of pyridine rings is 2. The SMILES string of the molecule is O=c1cc(-c2ccncc2)nc2n1CCCN2CC1Cc2cccnc2C1. The van der Waals surface area contributed by atoms with Gasteiger partial charge in [0.05, 0.1) is 5.69 Å². The van der Waals surface area contributed by atoms with Crippen molar-refractivity contribution in [2.45, 2.75) is 25.8 Å². The van der Waals surface area contributed by atoms with Crippen LogP contribution in [-0.4, -0.2) is 32.6 Å². The van der Waals surface area contributed by atoms with Gasteiger partial charge in [0.25, 0.3) is 5.56 Å². The van der Waals surface area contributed by atoms with E-state index in [1.54, 1.807) is 18.5 Å². The first-order chi connectivity index (χ1) is 13.3. The molecule has 0 radical (unpaired) electrons. The van der Waals surface area contributed by atoms with Crippen LogP contribution in [0.15, 0.2) is 53.7 Å². The Morgan fingerprint density at radius 2 is 1.96 bits per heavy atom. The van der Waals surface area contributed by atoms with Crippen LogP contribution in [0.4, 0.5) is 5.95 Å². The van der Waals surface area contributed by atoms with E-state index >= 15 is 0 Å². The summed E-state index contributed by atoms with van der Waals surface area (Å²) in [6.07, 6.45) is 8.36. The molecule has 0 bridgehead atoms. The quantitative estimate of drug-likeness (QED) is 0.718. The first kappa shape index (κ1) is 16.2. The maximum absolute atomic E-state index is 12.7. The second kappa shape index (κ2) is 6.61. The van der Waals surface area contributed by atoms with Crippen LogP contribution in [0.25, 0.3) is 11.3 Å². The fraction of sp³-hybridized carbons (Fsp3) is 0.333. The molecule has 3 aromatic rings. The first-order valence-electron chi connectivity index (χ1n) is 9.48. The summed E-state index contributed by atoms with van der Waals surface area (Å²) in [6, 6.07) is 9.62. The predicted octanol–water partition coefficient (Wildman–Crippen LogP) is 2.33. The van der Waals surface area contributed by atoms with Crippen molar-refractivity contribution in [3.05, 3.63) is 70.5 Å². The largest absolute Gasteiger partial charge is 0.342 e. The summed E-state index contributed by atoms with van der Waals surface area (Å²) in [5.41, 5.74) is 4.24. The summed E-state index contributed by atoms with van der Waals surface area (Å²) in [5.74, 6) is 1.31. The lowest BCUT2D eigenvalue weighted by molar-refractivity contribution is 0.476. The molecule has 0 amide bonds. The van der Waals surface area contributed by atoms with Gasteiger partial charge in [0, 0.05) is 55.5 Å². The molecular formula is C21H21N5O. The van der Waals surface area contributed by atoms with Crippen LogP contribution >= 0.6 is 0 Å². The third-order valence-electron chi connectivity index (χ3n) is 5.51. The Labute approximate surface area is 157 Å². The fourth-order valence-electron chi connectivity index (χ4n) is 4.25. The second-order valence-electron chi connectivity index (χ2n) is 7.35. The number of nitrogens with zero attached hydrogens (tertiary/aromatic N) is 5. The predicted molar refractivity (Wildman–Crippen MR) is 104 cm³/mol. The van der Waals surface area contributed by atoms with E-state index in [1.165, 1.54) is 11.3 Å². The monoisotopic (exact) mass is 359 g/mol. The zero-order valence-corrected chi connectivity index (χ0v) is 15.1. The summed E-state index contributed by atoms with van der Waals surface area (Å²) >= 11 is 0. The number of anilines is 1. The molecule has 1 aliphatic heterocycles. The minimum atomic E-state index is 0.0212. The second-order valence-corrected chi connectivity index (χ2v) is 7.35. The van der Waals surface area contributed by atoms with Gasteiger partial charge in [-0.2, -0.15) is 0 Å². The van der Waals surface area contributed by atoms with E-state index in [2.05, 4.69) is 20.9 Å². The topological polar surface area (TPSA) is 63.9 Å². The molecule has 1 aliphatic carbocycles. The lowest BCUT2D eigenvalue weighted by Crippen LogP contribution is -2.41. The highest BCUT2D eigenvalue weighted by Gasteiger charge is 2.27. The Morgan fingerprint density at radius 3 is 2.81 bits per heavy atom. The van der Waals surface area contributed by atoms with E-state index < -0.39 is 0 Å². The maximum atomic E-state index is 12.7. The smallest absolute Gasteiger partial charge is 0.255 e. The summed E-state index contributed by atoms with van der Waals surface area (Å²) in [4.78, 5) is 28.4. The molecule has 0 spiro atoms. The van der Waals surface area contributed by atoms with Crippen molar-refractivity contribution in [3.63, 3.8) is 0 Å². The zero-order chi connectivity index (χ0) is 18.2. The molecule has 3 aromatic heterocycles. The zero-order valence-electron chi connectivity index (χ0n) is 15.1. The maximum Gasteiger partial charge on any atom is 0.255 e. The van der Waals surface area contributed by atoms with Gasteiger partial charge in [0.1, 0.15) is 0 Å². The lowest BCUT2D eigenvalue weighted by atomic mass is 10.1. The van der Waals surface area contributed by atoms with E-state index in [0.29, 0.717) is 5.92 Å². The Balaban J connectivity index is 1.46. The molecule has 6 heteroatoms. The molecule has 0 saturated heterocycles. The molecular weight excluding hydrogens is 338 g/mol. The summed E-state index contributed by atoms with van der Waals surface area (Å²) in [7, 11) is 0. The molecule has 6 nitrogen and oxygen atoms in total. The minimum Gasteiger partial charge on any atom is -0.342 e. The van der Waals surface area contributed by atoms with Gasteiger partial charge in [-0.1, -0.05) is 6.07 Å². The molecule has 2 aliphatic rings. The molecule has 0 fully saturated rings. The molecule has 0 saturated carbocycles. The van der Waals surface area contributed by atoms with Gasteiger partial charge >= 0.3 is 0 Å². The molecule has 1 atom stereocenters. The van der Waals surface area contributed by atoms with Crippen LogP contribution in [0.3, 0.4) is 0 Å². The number of rotatable bonds is 3. The average molecular weight is 359 g/mol. The standard InChI is InChI=1S/C21H21N5O/c27-20-13-19(16-4-7-22-8-5-16)24-21-25(9-2-10-26(20)21)14-15-11-17-3-1-6-23-18(17)12-15/h1,3-8,13,15H,2,9-12,14H2. The molecule has 5 rings (SSSR count). The van der Waals surface area contributed by atoms with Crippen molar-refractivity contribution in [2.75, 3.05) is 18.0 Å². The van der Waals surface area contributed by atoms with Crippen LogP contribution in [-0.2, 0) is 19.4 Å². The highest BCUT2D eigenvalue weighted by atomic mass is 16.1. The number of aromatic nitrogens is 4. The lowest BCUT2D eigenvalue weighted by Gasteiger charge is -2.32. The normalized spacial score (nSPS) is 18.2. The summed E-state index contributed by atoms with van der Waals surface area (Å²) in [6.45, 7) is 2.58. The fourth-order valence-corrected chi connectivity index (χ4v) is 4.25. The van der Waals surface area contributed by atoms with Crippen molar-refractivity contribution >= 4 is 5.95 Å². The number of hydrogen-bond acceptors (Lipinski definition) is 5. The minimum absolute atomic E-state index is 0.0212. The van der Waals surface area contributed by atoms with Crippen LogP contribution in [0, 0.1) is 5.92 Å². The number of fused-ring (bicyclic) bond motifs is 2. The van der Waals surface area contributed by atoms with Gasteiger partial charge in [0.2, 0.25) is 5.95 Å². The third kappa shape index (κ3) is 3.01. The summed E-state index contributed by atoms with van der Waals surface area (Å²) < 4.78 is 1.81. The Kier molecular flexibility index (Phi) is 3.96. The molecule has 0 N–H and O–H groups in total. The van der Waals surface area contributed by atoms with Crippen LogP contribution in [0.1, 0.15) is 17.7 Å². The van der Waals surface area contributed by atoms with Crippen molar-refractivity contribution in [3.8, 4) is 11.3 Å². The van der Waals surface area contributed by atoms with Crippen LogP contribution in [0.5, 0.6) is 0 Å². The molecule has 4 heterocycles. The van der Waals surface area contributed by atoms with E-state index in [0.717, 1.165) is 56.1 Å². The van der Waals surface area contributed by atoms with E-state index in [9.17, 15) is 4.79 Å². The van der Waals surface area contributed by atoms with Crippen molar-refractivity contribution in [1.82, 2.24) is 19.5 Å². The Morgan fingerprint density at radius 1 is 1.07 bits per heavy atom. The van der Waals surface area contributed by atoms with Crippen molar-refractivity contribution in [1.29, 1.82) is 0 Å². The molecule has 136 valence electrons. The third-order valence-corrected chi connectivity index (χ3v) is 5.51. The van der Waals surface area contributed by atoms with E-state index in [1.807, 2.05) is 29.0 Å². The summed E-state index contributed by atoms with van der Waals surface area (Å²) in [5, 5.41) is 0. The first-order valence-corrected chi connectivity index (χ1v) is 9.48. The highest BCUT2D eigenvalue weighted by molar-refractivity contribution is 5.59. The van der Waals surface area contributed by atoms with Crippen LogP contribution in [0.2, 0.25) is 0 Å². The van der Waals surface area contributed by atoms with Gasteiger partial charge in [-0.15, -0.1) is 0 Å². The number of hydrogen-bond donors (Lipinski definition) is 0. The van der Waals surface area contributed by atoms with Gasteiger partial charge in [-0.3, -0.25) is 19.3 Å². The van der Waals surface area contributed by atoms with Gasteiger partial charge in [0.15, 0.2) is 0 Å². The van der Waals surface area contributed by atoms with Crippen molar-refractivity contribution < 1.29 is 0 Å². The van der Waals surface area contributed by atoms with E-state index in [4.69, 9.17) is 4.98 Å². The molecule has 27 heavy (non-hydrogen) atoms. The Hall–Kier alpha value is -3.02. The highest BCUT2D eigenvalue weighted by Crippen LogP contribution is 2.28. The van der Waals surface area contributed by atoms with Gasteiger partial charge in [-0.25, -0.2) is 4.98 Å². The molecule has 0 aromatic carbocycles. The van der Waals surface area contributed by atoms with Gasteiger partial charge < -0.3 is 4.90 Å².